The third-order valence-electron chi connectivity index (χ3n) is 5.82. The molecule has 2 fully saturated rings. The minimum Gasteiger partial charge on any atom is -0.361 e. The van der Waals surface area contributed by atoms with Crippen molar-refractivity contribution in [1.29, 1.82) is 0 Å². The van der Waals surface area contributed by atoms with E-state index in [1.807, 2.05) is 18.4 Å². The quantitative estimate of drug-likeness (QED) is 0.719. The Hall–Kier alpha value is -2.28. The fraction of sp³-hybridized carbons (Fsp3) is 0.579. The van der Waals surface area contributed by atoms with Crippen LogP contribution >= 0.6 is 0 Å². The van der Waals surface area contributed by atoms with E-state index in [0.717, 1.165) is 55.4 Å². The Bertz CT molecular complexity index is 913. The Morgan fingerprint density at radius 2 is 1.85 bits per heavy atom. The molecule has 1 aliphatic carbocycles. The van der Waals surface area contributed by atoms with Gasteiger partial charge in [0.1, 0.15) is 5.76 Å². The van der Waals surface area contributed by atoms with E-state index in [9.17, 15) is 0 Å². The monoisotopic (exact) mass is 352 g/mol. The van der Waals surface area contributed by atoms with Gasteiger partial charge in [0.2, 0.25) is 0 Å². The summed E-state index contributed by atoms with van der Waals surface area (Å²) in [6.45, 7) is 7.02. The zero-order chi connectivity index (χ0) is 17.7. The molecular formula is C19H24N6O. The first-order chi connectivity index (χ1) is 12.7. The van der Waals surface area contributed by atoms with Crippen molar-refractivity contribution < 1.29 is 4.52 Å². The molecule has 0 radical (unpaired) electrons. The molecule has 4 heterocycles. The van der Waals surface area contributed by atoms with Crippen molar-refractivity contribution in [2.45, 2.75) is 57.9 Å². The van der Waals surface area contributed by atoms with Crippen LogP contribution in [0.5, 0.6) is 0 Å². The molecule has 0 spiro atoms. The van der Waals surface area contributed by atoms with Crippen molar-refractivity contribution in [1.82, 2.24) is 29.9 Å². The average Bonchev–Trinajstić information content (AvgIpc) is 3.36. The van der Waals surface area contributed by atoms with Crippen molar-refractivity contribution in [3.63, 3.8) is 0 Å². The minimum absolute atomic E-state index is 0.424. The lowest BCUT2D eigenvalue weighted by atomic mass is 9.95. The highest BCUT2D eigenvalue weighted by Crippen LogP contribution is 2.39. The predicted molar refractivity (Wildman–Crippen MR) is 96.0 cm³/mol. The molecule has 5 rings (SSSR count). The second kappa shape index (κ2) is 6.16. The number of hydrogen-bond acceptors (Lipinski definition) is 6. The van der Waals surface area contributed by atoms with Gasteiger partial charge in [0.25, 0.3) is 0 Å². The maximum atomic E-state index is 5.29. The Labute approximate surface area is 152 Å². The van der Waals surface area contributed by atoms with Crippen molar-refractivity contribution in [3.05, 3.63) is 40.7 Å². The second-order valence-corrected chi connectivity index (χ2v) is 7.71. The maximum Gasteiger partial charge on any atom is 0.177 e. The van der Waals surface area contributed by atoms with Crippen molar-refractivity contribution >= 4 is 5.65 Å². The molecule has 1 saturated carbocycles. The highest BCUT2D eigenvalue weighted by atomic mass is 16.5. The van der Waals surface area contributed by atoms with E-state index in [2.05, 4.69) is 32.4 Å². The van der Waals surface area contributed by atoms with E-state index in [1.165, 1.54) is 24.1 Å². The van der Waals surface area contributed by atoms with Crippen LogP contribution in [0, 0.1) is 13.8 Å². The van der Waals surface area contributed by atoms with Gasteiger partial charge < -0.3 is 4.52 Å². The molecule has 7 nitrogen and oxygen atoms in total. The standard InChI is InChI=1S/C19H24N6O/c1-12-16(13(2)26-23-12)11-24-9-7-15(8-10-24)19-21-20-18-6-5-17(14-3-4-14)22-25(18)19/h5-6,14-15H,3-4,7-11H2,1-2H3. The minimum atomic E-state index is 0.424. The fourth-order valence-electron chi connectivity index (χ4n) is 3.97. The van der Waals surface area contributed by atoms with Gasteiger partial charge in [-0.05, 0) is 64.8 Å². The van der Waals surface area contributed by atoms with Crippen molar-refractivity contribution in [2.24, 2.45) is 0 Å². The third-order valence-corrected chi connectivity index (χ3v) is 5.82. The van der Waals surface area contributed by atoms with Gasteiger partial charge in [-0.15, -0.1) is 10.2 Å². The zero-order valence-corrected chi connectivity index (χ0v) is 15.4. The molecule has 136 valence electrons. The van der Waals surface area contributed by atoms with Gasteiger partial charge in [0.15, 0.2) is 11.5 Å². The smallest absolute Gasteiger partial charge is 0.177 e. The summed E-state index contributed by atoms with van der Waals surface area (Å²) >= 11 is 0. The van der Waals surface area contributed by atoms with Crippen molar-refractivity contribution in [3.8, 4) is 0 Å². The van der Waals surface area contributed by atoms with E-state index in [1.54, 1.807) is 0 Å². The van der Waals surface area contributed by atoms with E-state index >= 15 is 0 Å². The molecule has 7 heteroatoms. The molecule has 2 aliphatic rings. The topological polar surface area (TPSA) is 72.3 Å². The van der Waals surface area contributed by atoms with Crippen LogP contribution in [0.25, 0.3) is 5.65 Å². The highest BCUT2D eigenvalue weighted by molar-refractivity contribution is 5.38. The van der Waals surface area contributed by atoms with E-state index < -0.39 is 0 Å². The largest absolute Gasteiger partial charge is 0.361 e. The Morgan fingerprint density at radius 3 is 2.54 bits per heavy atom. The van der Waals surface area contributed by atoms with Gasteiger partial charge in [-0.25, -0.2) is 0 Å². The number of hydrogen-bond donors (Lipinski definition) is 0. The van der Waals surface area contributed by atoms with Crippen LogP contribution in [0.4, 0.5) is 0 Å². The number of aryl methyl sites for hydroxylation is 2. The number of aromatic nitrogens is 5. The first kappa shape index (κ1) is 15.9. The number of likely N-dealkylation sites (tertiary alicyclic amines) is 1. The molecule has 3 aromatic rings. The summed E-state index contributed by atoms with van der Waals surface area (Å²) < 4.78 is 7.28. The lowest BCUT2D eigenvalue weighted by molar-refractivity contribution is 0.199. The first-order valence-corrected chi connectivity index (χ1v) is 9.55. The van der Waals surface area contributed by atoms with Crippen LogP contribution in [0.2, 0.25) is 0 Å². The lowest BCUT2D eigenvalue weighted by Crippen LogP contribution is -2.33. The molecule has 1 aliphatic heterocycles. The zero-order valence-electron chi connectivity index (χ0n) is 15.4. The summed E-state index contributed by atoms with van der Waals surface area (Å²) in [4.78, 5) is 2.48. The second-order valence-electron chi connectivity index (χ2n) is 7.71. The molecule has 0 atom stereocenters. The summed E-state index contributed by atoms with van der Waals surface area (Å²) in [6, 6.07) is 4.17. The molecule has 3 aromatic heterocycles. The Kier molecular flexibility index (Phi) is 3.77. The summed E-state index contributed by atoms with van der Waals surface area (Å²) in [5, 5.41) is 17.7. The number of fused-ring (bicyclic) bond motifs is 1. The summed E-state index contributed by atoms with van der Waals surface area (Å²) in [5.41, 5.74) is 4.29. The van der Waals surface area contributed by atoms with Crippen LogP contribution < -0.4 is 0 Å². The number of piperidine rings is 1. The van der Waals surface area contributed by atoms with Gasteiger partial charge in [-0.1, -0.05) is 5.16 Å². The summed E-state index contributed by atoms with van der Waals surface area (Å²) in [6.07, 6.45) is 4.69. The molecule has 0 amide bonds. The van der Waals surface area contributed by atoms with E-state index in [0.29, 0.717) is 11.8 Å². The van der Waals surface area contributed by atoms with Crippen molar-refractivity contribution in [2.75, 3.05) is 13.1 Å². The normalized spacial score (nSPS) is 19.5. The summed E-state index contributed by atoms with van der Waals surface area (Å²) in [5.74, 6) is 3.03. The molecular weight excluding hydrogens is 328 g/mol. The number of rotatable bonds is 4. The predicted octanol–water partition coefficient (Wildman–Crippen LogP) is 2.99. The van der Waals surface area contributed by atoms with Gasteiger partial charge in [-0.2, -0.15) is 9.61 Å². The van der Waals surface area contributed by atoms with Crippen LogP contribution in [0.1, 0.15) is 66.1 Å². The van der Waals surface area contributed by atoms with Crippen LogP contribution in [0.3, 0.4) is 0 Å². The molecule has 0 aromatic carbocycles. The molecule has 0 unspecified atom stereocenters. The molecule has 0 bridgehead atoms. The van der Waals surface area contributed by atoms with Gasteiger partial charge >= 0.3 is 0 Å². The van der Waals surface area contributed by atoms with Crippen LogP contribution in [0.15, 0.2) is 16.7 Å². The van der Waals surface area contributed by atoms with Crippen LogP contribution in [-0.2, 0) is 6.54 Å². The van der Waals surface area contributed by atoms with Gasteiger partial charge in [0.05, 0.1) is 11.4 Å². The average molecular weight is 352 g/mol. The highest BCUT2D eigenvalue weighted by Gasteiger charge is 2.28. The first-order valence-electron chi connectivity index (χ1n) is 9.55. The SMILES string of the molecule is Cc1noc(C)c1CN1CCC(c2nnc3ccc(C4CC4)nn23)CC1. The van der Waals surface area contributed by atoms with Gasteiger partial charge in [-0.3, -0.25) is 4.90 Å². The lowest BCUT2D eigenvalue weighted by Gasteiger charge is -2.30. The van der Waals surface area contributed by atoms with E-state index in [-0.39, 0.29) is 0 Å². The fourth-order valence-corrected chi connectivity index (χ4v) is 3.97. The third kappa shape index (κ3) is 2.80. The molecule has 0 N–H and O–H groups in total. The summed E-state index contributed by atoms with van der Waals surface area (Å²) in [7, 11) is 0. The Balaban J connectivity index is 1.31. The maximum absolute atomic E-state index is 5.29. The molecule has 1 saturated heterocycles. The Morgan fingerprint density at radius 1 is 1.04 bits per heavy atom. The molecule has 26 heavy (non-hydrogen) atoms. The van der Waals surface area contributed by atoms with Crippen LogP contribution in [-0.4, -0.2) is 43.0 Å². The van der Waals surface area contributed by atoms with E-state index in [4.69, 9.17) is 9.62 Å². The van der Waals surface area contributed by atoms with Gasteiger partial charge in [0, 0.05) is 23.9 Å². The number of nitrogens with zero attached hydrogens (tertiary/aromatic N) is 6.